The fourth-order valence-electron chi connectivity index (χ4n) is 0.989. The quantitative estimate of drug-likeness (QED) is 0.628. The number of carbonyl (C=O) groups is 1. The van der Waals surface area contributed by atoms with Crippen LogP contribution in [0.25, 0.3) is 0 Å². The maximum absolute atomic E-state index is 11.3. The molecule has 0 N–H and O–H groups in total. The van der Waals surface area contributed by atoms with E-state index in [0.717, 1.165) is 0 Å². The number of amides is 1. The second kappa shape index (κ2) is 5.62. The Bertz CT molecular complexity index is 448. The van der Waals surface area contributed by atoms with Crippen LogP contribution in [0.1, 0.15) is 0 Å². The van der Waals surface area contributed by atoms with E-state index < -0.39 is 4.92 Å². The number of nitro benzene ring substituents is 1. The summed E-state index contributed by atoms with van der Waals surface area (Å²) in [5, 5.41) is 10.5. The molecule has 0 unspecified atom stereocenters. The van der Waals surface area contributed by atoms with Crippen LogP contribution in [0.4, 0.5) is 5.69 Å². The highest BCUT2D eigenvalue weighted by Crippen LogP contribution is 2.28. The summed E-state index contributed by atoms with van der Waals surface area (Å²) >= 11 is 3.15. The topological polar surface area (TPSA) is 72.7 Å². The lowest BCUT2D eigenvalue weighted by molar-refractivity contribution is -0.384. The number of hydrogen-bond donors (Lipinski definition) is 0. The van der Waals surface area contributed by atoms with Gasteiger partial charge in [0, 0.05) is 26.2 Å². The number of halogens is 1. The molecular formula is C10H11BrN2O4. The average Bonchev–Trinajstić information content (AvgIpc) is 2.26. The van der Waals surface area contributed by atoms with Gasteiger partial charge in [0.25, 0.3) is 11.6 Å². The lowest BCUT2D eigenvalue weighted by atomic mass is 10.3. The summed E-state index contributed by atoms with van der Waals surface area (Å²) in [7, 11) is 3.24. The molecule has 0 fully saturated rings. The Hall–Kier alpha value is -1.63. The molecule has 0 saturated carbocycles. The van der Waals surface area contributed by atoms with Crippen LogP contribution in [0.2, 0.25) is 0 Å². The molecule has 0 aliphatic carbocycles. The van der Waals surface area contributed by atoms with Crippen molar-refractivity contribution in [3.05, 3.63) is 32.8 Å². The van der Waals surface area contributed by atoms with Crippen molar-refractivity contribution in [2.24, 2.45) is 0 Å². The Morgan fingerprint density at radius 1 is 1.53 bits per heavy atom. The number of nitro groups is 1. The molecule has 0 aliphatic heterocycles. The summed E-state index contributed by atoms with van der Waals surface area (Å²) < 4.78 is 5.68. The first-order valence-electron chi connectivity index (χ1n) is 4.68. The summed E-state index contributed by atoms with van der Waals surface area (Å²) in [6.07, 6.45) is 0. The molecule has 0 heterocycles. The highest BCUT2D eigenvalue weighted by atomic mass is 79.9. The van der Waals surface area contributed by atoms with Crippen LogP contribution in [0.5, 0.6) is 5.75 Å². The summed E-state index contributed by atoms with van der Waals surface area (Å²) in [5.74, 6) is 0.209. The third kappa shape index (κ3) is 3.70. The van der Waals surface area contributed by atoms with Crippen molar-refractivity contribution in [1.29, 1.82) is 0 Å². The zero-order chi connectivity index (χ0) is 13.0. The van der Waals surface area contributed by atoms with Gasteiger partial charge in [0.15, 0.2) is 6.61 Å². The Morgan fingerprint density at radius 3 is 2.65 bits per heavy atom. The van der Waals surface area contributed by atoms with Crippen LogP contribution in [0.15, 0.2) is 22.7 Å². The van der Waals surface area contributed by atoms with E-state index in [0.29, 0.717) is 10.2 Å². The van der Waals surface area contributed by atoms with E-state index in [2.05, 4.69) is 15.9 Å². The first-order chi connectivity index (χ1) is 7.91. The van der Waals surface area contributed by atoms with E-state index in [1.54, 1.807) is 14.1 Å². The molecule has 0 spiro atoms. The molecule has 92 valence electrons. The molecule has 0 radical (unpaired) electrons. The van der Waals surface area contributed by atoms with Crippen LogP contribution in [0, 0.1) is 10.1 Å². The van der Waals surface area contributed by atoms with E-state index in [9.17, 15) is 14.9 Å². The summed E-state index contributed by atoms with van der Waals surface area (Å²) in [4.78, 5) is 22.7. The Labute approximate surface area is 106 Å². The molecule has 7 heteroatoms. The molecular weight excluding hydrogens is 292 g/mol. The van der Waals surface area contributed by atoms with Crippen molar-refractivity contribution >= 4 is 27.5 Å². The summed E-state index contributed by atoms with van der Waals surface area (Å²) in [5.41, 5.74) is -0.0387. The van der Waals surface area contributed by atoms with Gasteiger partial charge in [0.1, 0.15) is 5.75 Å². The highest BCUT2D eigenvalue weighted by molar-refractivity contribution is 9.10. The number of ether oxygens (including phenoxy) is 1. The molecule has 1 aromatic rings. The predicted octanol–water partition coefficient (Wildman–Crippen LogP) is 1.82. The zero-order valence-electron chi connectivity index (χ0n) is 9.34. The van der Waals surface area contributed by atoms with E-state index >= 15 is 0 Å². The van der Waals surface area contributed by atoms with Gasteiger partial charge in [-0.25, -0.2) is 0 Å². The van der Waals surface area contributed by atoms with Gasteiger partial charge in [-0.2, -0.15) is 0 Å². The maximum Gasteiger partial charge on any atom is 0.270 e. The molecule has 17 heavy (non-hydrogen) atoms. The lowest BCUT2D eigenvalue weighted by Crippen LogP contribution is -2.27. The third-order valence-electron chi connectivity index (χ3n) is 1.98. The summed E-state index contributed by atoms with van der Waals surface area (Å²) in [6.45, 7) is -0.108. The van der Waals surface area contributed by atoms with Gasteiger partial charge in [-0.15, -0.1) is 0 Å². The van der Waals surface area contributed by atoms with Gasteiger partial charge in [-0.3, -0.25) is 14.9 Å². The minimum absolute atomic E-state index is 0.0387. The van der Waals surface area contributed by atoms with Gasteiger partial charge in [0.05, 0.1) is 9.40 Å². The Morgan fingerprint density at radius 2 is 2.18 bits per heavy atom. The molecule has 1 amide bonds. The molecule has 0 atom stereocenters. The van der Waals surface area contributed by atoms with E-state index in [1.165, 1.54) is 23.1 Å². The minimum Gasteiger partial charge on any atom is -0.483 e. The van der Waals surface area contributed by atoms with Crippen LogP contribution in [-0.4, -0.2) is 36.4 Å². The number of carbonyl (C=O) groups excluding carboxylic acids is 1. The number of rotatable bonds is 4. The highest BCUT2D eigenvalue weighted by Gasteiger charge is 2.11. The largest absolute Gasteiger partial charge is 0.483 e. The van der Waals surface area contributed by atoms with Crippen LogP contribution >= 0.6 is 15.9 Å². The van der Waals surface area contributed by atoms with E-state index in [-0.39, 0.29) is 18.2 Å². The number of hydrogen-bond acceptors (Lipinski definition) is 4. The van der Waals surface area contributed by atoms with Gasteiger partial charge in [-0.1, -0.05) is 0 Å². The molecule has 0 aliphatic rings. The SMILES string of the molecule is CN(C)C(=O)COc1ccc([N+](=O)[O-])cc1Br. The van der Waals surface area contributed by atoms with Crippen molar-refractivity contribution in [3.63, 3.8) is 0 Å². The molecule has 0 saturated heterocycles. The lowest BCUT2D eigenvalue weighted by Gasteiger charge is -2.12. The first-order valence-corrected chi connectivity index (χ1v) is 5.48. The van der Waals surface area contributed by atoms with E-state index in [1.807, 2.05) is 0 Å². The zero-order valence-corrected chi connectivity index (χ0v) is 10.9. The molecule has 0 aromatic heterocycles. The number of benzene rings is 1. The predicted molar refractivity (Wildman–Crippen MR) is 65.0 cm³/mol. The van der Waals surface area contributed by atoms with Crippen molar-refractivity contribution in [1.82, 2.24) is 4.90 Å². The Balaban J connectivity index is 2.73. The van der Waals surface area contributed by atoms with Crippen LogP contribution < -0.4 is 4.74 Å². The monoisotopic (exact) mass is 302 g/mol. The Kier molecular flexibility index (Phi) is 4.45. The molecule has 0 bridgehead atoms. The second-order valence-electron chi connectivity index (χ2n) is 3.45. The fraction of sp³-hybridized carbons (Fsp3) is 0.300. The van der Waals surface area contributed by atoms with E-state index in [4.69, 9.17) is 4.74 Å². The van der Waals surface area contributed by atoms with Gasteiger partial charge >= 0.3 is 0 Å². The van der Waals surface area contributed by atoms with Crippen molar-refractivity contribution < 1.29 is 14.5 Å². The van der Waals surface area contributed by atoms with Crippen molar-refractivity contribution in [2.75, 3.05) is 20.7 Å². The maximum atomic E-state index is 11.3. The van der Waals surface area contributed by atoms with Gasteiger partial charge in [0.2, 0.25) is 0 Å². The average molecular weight is 303 g/mol. The smallest absolute Gasteiger partial charge is 0.270 e. The number of likely N-dealkylation sites (N-methyl/N-ethyl adjacent to an activating group) is 1. The third-order valence-corrected chi connectivity index (χ3v) is 2.60. The van der Waals surface area contributed by atoms with Crippen molar-refractivity contribution in [2.45, 2.75) is 0 Å². The normalized spacial score (nSPS) is 9.82. The van der Waals surface area contributed by atoms with Gasteiger partial charge < -0.3 is 9.64 Å². The van der Waals surface area contributed by atoms with Crippen LogP contribution in [0.3, 0.4) is 0 Å². The second-order valence-corrected chi connectivity index (χ2v) is 4.30. The molecule has 1 rings (SSSR count). The van der Waals surface area contributed by atoms with Crippen molar-refractivity contribution in [3.8, 4) is 5.75 Å². The first kappa shape index (κ1) is 13.4. The standard InChI is InChI=1S/C10H11BrN2O4/c1-12(2)10(14)6-17-9-4-3-7(13(15)16)5-8(9)11/h3-5H,6H2,1-2H3. The van der Waals surface area contributed by atoms with Gasteiger partial charge in [-0.05, 0) is 22.0 Å². The number of non-ortho nitro benzene ring substituents is 1. The summed E-state index contributed by atoms with van der Waals surface area (Å²) in [6, 6.07) is 4.10. The fourth-order valence-corrected chi connectivity index (χ4v) is 1.47. The number of nitrogens with zero attached hydrogens (tertiary/aromatic N) is 2. The van der Waals surface area contributed by atoms with Crippen LogP contribution in [-0.2, 0) is 4.79 Å². The minimum atomic E-state index is -0.500. The molecule has 1 aromatic carbocycles. The molecule has 6 nitrogen and oxygen atoms in total.